The van der Waals surface area contributed by atoms with Crippen molar-refractivity contribution in [1.82, 2.24) is 9.91 Å². The second kappa shape index (κ2) is 12.2. The molecule has 1 atom stereocenters. The quantitative estimate of drug-likeness (QED) is 0.432. The topological polar surface area (TPSA) is 88.2 Å². The smallest absolute Gasteiger partial charge is 0.339 e. The van der Waals surface area contributed by atoms with E-state index in [9.17, 15) is 14.4 Å². The standard InChI is InChI=1S/C27H35N3O5/c1-27(2,3)35-25(32)23-16-10-11-18-29(23)26(33)30(28-22-14-8-5-9-15-22)19-17-24(31)34-20-21-12-6-4-7-13-21/h4-9,12-15,23,28H,10-11,16-20H2,1-3H3/t23-/m0/s1. The van der Waals surface area contributed by atoms with E-state index in [2.05, 4.69) is 5.43 Å². The number of urea groups is 1. The molecule has 0 spiro atoms. The van der Waals surface area contributed by atoms with E-state index in [1.165, 1.54) is 5.01 Å². The fourth-order valence-electron chi connectivity index (χ4n) is 3.81. The van der Waals surface area contributed by atoms with Gasteiger partial charge in [-0.05, 0) is 57.7 Å². The van der Waals surface area contributed by atoms with E-state index < -0.39 is 23.6 Å². The molecule has 8 heteroatoms. The molecule has 35 heavy (non-hydrogen) atoms. The van der Waals surface area contributed by atoms with E-state index in [1.54, 1.807) is 4.90 Å². The number of esters is 2. The molecule has 8 nitrogen and oxygen atoms in total. The first kappa shape index (κ1) is 26.1. The van der Waals surface area contributed by atoms with Crippen LogP contribution in [0.3, 0.4) is 0 Å². The minimum atomic E-state index is -0.666. The number of amides is 2. The predicted molar refractivity (Wildman–Crippen MR) is 133 cm³/mol. The van der Waals surface area contributed by atoms with Crippen LogP contribution in [0.4, 0.5) is 10.5 Å². The van der Waals surface area contributed by atoms with Gasteiger partial charge in [-0.15, -0.1) is 0 Å². The third-order valence-electron chi connectivity index (χ3n) is 5.48. The zero-order valence-electron chi connectivity index (χ0n) is 20.7. The zero-order chi connectivity index (χ0) is 25.3. The van der Waals surface area contributed by atoms with E-state index in [0.717, 1.165) is 18.4 Å². The molecule has 0 aliphatic carbocycles. The summed E-state index contributed by atoms with van der Waals surface area (Å²) in [5.41, 5.74) is 4.04. The predicted octanol–water partition coefficient (Wildman–Crippen LogP) is 4.77. The van der Waals surface area contributed by atoms with Gasteiger partial charge < -0.3 is 14.4 Å². The van der Waals surface area contributed by atoms with Crippen LogP contribution < -0.4 is 5.43 Å². The number of nitrogens with one attached hydrogen (secondary N) is 1. The number of benzene rings is 2. The molecule has 0 unspecified atom stereocenters. The summed E-state index contributed by atoms with van der Waals surface area (Å²) in [6.45, 7) is 6.12. The number of anilines is 1. The third kappa shape index (κ3) is 8.31. The van der Waals surface area contributed by atoms with Gasteiger partial charge in [-0.1, -0.05) is 48.5 Å². The summed E-state index contributed by atoms with van der Waals surface area (Å²) in [7, 11) is 0. The van der Waals surface area contributed by atoms with Crippen LogP contribution in [0, 0.1) is 0 Å². The summed E-state index contributed by atoms with van der Waals surface area (Å²) in [5, 5.41) is 1.38. The average molecular weight is 482 g/mol. The van der Waals surface area contributed by atoms with Crippen molar-refractivity contribution in [3.05, 3.63) is 66.2 Å². The zero-order valence-corrected chi connectivity index (χ0v) is 20.7. The van der Waals surface area contributed by atoms with Crippen molar-refractivity contribution in [3.8, 4) is 0 Å². The lowest BCUT2D eigenvalue weighted by molar-refractivity contribution is -0.161. The first-order valence-corrected chi connectivity index (χ1v) is 12.1. The van der Waals surface area contributed by atoms with Crippen LogP contribution in [0.2, 0.25) is 0 Å². The van der Waals surface area contributed by atoms with Crippen molar-refractivity contribution < 1.29 is 23.9 Å². The summed E-state index contributed by atoms with van der Waals surface area (Å²) in [6.07, 6.45) is 2.18. The molecule has 2 amide bonds. The minimum absolute atomic E-state index is 0.00332. The van der Waals surface area contributed by atoms with E-state index in [0.29, 0.717) is 18.7 Å². The number of piperidine rings is 1. The second-order valence-electron chi connectivity index (χ2n) is 9.55. The highest BCUT2D eigenvalue weighted by atomic mass is 16.6. The van der Waals surface area contributed by atoms with Gasteiger partial charge in [0.1, 0.15) is 18.2 Å². The van der Waals surface area contributed by atoms with Crippen molar-refractivity contribution in [3.63, 3.8) is 0 Å². The van der Waals surface area contributed by atoms with Crippen LogP contribution in [0.1, 0.15) is 52.0 Å². The first-order valence-electron chi connectivity index (χ1n) is 12.1. The van der Waals surface area contributed by atoms with Gasteiger partial charge in [0.2, 0.25) is 0 Å². The van der Waals surface area contributed by atoms with Gasteiger partial charge in [0, 0.05) is 6.54 Å². The number of likely N-dealkylation sites (tertiary alicyclic amines) is 1. The Morgan fingerprint density at radius 2 is 1.66 bits per heavy atom. The molecule has 3 rings (SSSR count). The normalized spacial score (nSPS) is 15.7. The highest BCUT2D eigenvalue weighted by molar-refractivity contribution is 5.85. The van der Waals surface area contributed by atoms with E-state index in [1.807, 2.05) is 81.4 Å². The molecule has 1 fully saturated rings. The van der Waals surface area contributed by atoms with Crippen LogP contribution in [-0.2, 0) is 25.7 Å². The SMILES string of the molecule is CC(C)(C)OC(=O)[C@@H]1CCCCN1C(=O)N(CCC(=O)OCc1ccccc1)Nc1ccccc1. The number of carbonyl (C=O) groups excluding carboxylic acids is 3. The van der Waals surface area contributed by atoms with Crippen molar-refractivity contribution in [1.29, 1.82) is 0 Å². The fourth-order valence-corrected chi connectivity index (χ4v) is 3.81. The Kier molecular flexibility index (Phi) is 9.11. The van der Waals surface area contributed by atoms with Crippen LogP contribution in [-0.4, -0.2) is 52.6 Å². The lowest BCUT2D eigenvalue weighted by Crippen LogP contribution is -2.55. The molecule has 1 aliphatic heterocycles. The maximum absolute atomic E-state index is 13.6. The molecular formula is C27H35N3O5. The van der Waals surface area contributed by atoms with E-state index in [-0.39, 0.29) is 25.6 Å². The van der Waals surface area contributed by atoms with Gasteiger partial charge in [0.25, 0.3) is 0 Å². The Balaban J connectivity index is 1.69. The molecule has 1 heterocycles. The number of para-hydroxylation sites is 1. The summed E-state index contributed by atoms with van der Waals surface area (Å²) in [5.74, 6) is -0.823. The number of hydrazine groups is 1. The summed E-state index contributed by atoms with van der Waals surface area (Å²) in [4.78, 5) is 40.4. The van der Waals surface area contributed by atoms with Crippen LogP contribution in [0.15, 0.2) is 60.7 Å². The van der Waals surface area contributed by atoms with E-state index >= 15 is 0 Å². The Morgan fingerprint density at radius 3 is 2.31 bits per heavy atom. The molecule has 188 valence electrons. The molecule has 1 N–H and O–H groups in total. The number of hydrogen-bond donors (Lipinski definition) is 1. The Hall–Kier alpha value is -3.55. The summed E-state index contributed by atoms with van der Waals surface area (Å²) >= 11 is 0. The summed E-state index contributed by atoms with van der Waals surface area (Å²) < 4.78 is 11.0. The molecular weight excluding hydrogens is 446 g/mol. The van der Waals surface area contributed by atoms with Crippen LogP contribution >= 0.6 is 0 Å². The molecule has 0 radical (unpaired) electrons. The fraction of sp³-hybridized carbons (Fsp3) is 0.444. The van der Waals surface area contributed by atoms with Gasteiger partial charge in [-0.3, -0.25) is 10.2 Å². The van der Waals surface area contributed by atoms with Gasteiger partial charge in [-0.25, -0.2) is 14.6 Å². The maximum atomic E-state index is 13.6. The van der Waals surface area contributed by atoms with Gasteiger partial charge in [0.05, 0.1) is 18.7 Å². The number of hydrogen-bond acceptors (Lipinski definition) is 6. The average Bonchev–Trinajstić information content (AvgIpc) is 2.85. The Labute approximate surface area is 207 Å². The number of ether oxygens (including phenoxy) is 2. The number of rotatable bonds is 8. The Morgan fingerprint density at radius 1 is 1.00 bits per heavy atom. The lowest BCUT2D eigenvalue weighted by Gasteiger charge is -2.38. The minimum Gasteiger partial charge on any atom is -0.461 e. The van der Waals surface area contributed by atoms with Crippen LogP contribution in [0.5, 0.6) is 0 Å². The molecule has 0 bridgehead atoms. The van der Waals surface area contributed by atoms with Gasteiger partial charge in [-0.2, -0.15) is 0 Å². The van der Waals surface area contributed by atoms with Crippen molar-refractivity contribution in [2.75, 3.05) is 18.5 Å². The maximum Gasteiger partial charge on any atom is 0.339 e. The highest BCUT2D eigenvalue weighted by Crippen LogP contribution is 2.23. The lowest BCUT2D eigenvalue weighted by atomic mass is 10.0. The van der Waals surface area contributed by atoms with Crippen molar-refractivity contribution in [2.45, 2.75) is 64.7 Å². The Bertz CT molecular complexity index is 975. The molecule has 2 aromatic rings. The van der Waals surface area contributed by atoms with Crippen LogP contribution in [0.25, 0.3) is 0 Å². The molecule has 0 aromatic heterocycles. The van der Waals surface area contributed by atoms with Crippen molar-refractivity contribution in [2.24, 2.45) is 0 Å². The summed E-state index contributed by atoms with van der Waals surface area (Å²) in [6, 6.07) is 17.6. The van der Waals surface area contributed by atoms with Crippen molar-refractivity contribution >= 4 is 23.7 Å². The number of carbonyl (C=O) groups is 3. The third-order valence-corrected chi connectivity index (χ3v) is 5.48. The highest BCUT2D eigenvalue weighted by Gasteiger charge is 2.37. The molecule has 1 aliphatic rings. The molecule has 0 saturated carbocycles. The second-order valence-corrected chi connectivity index (χ2v) is 9.55. The molecule has 1 saturated heterocycles. The largest absolute Gasteiger partial charge is 0.461 e. The van der Waals surface area contributed by atoms with Gasteiger partial charge in [0.15, 0.2) is 0 Å². The monoisotopic (exact) mass is 481 g/mol. The number of nitrogens with zero attached hydrogens (tertiary/aromatic N) is 2. The van der Waals surface area contributed by atoms with Gasteiger partial charge >= 0.3 is 18.0 Å². The van der Waals surface area contributed by atoms with E-state index in [4.69, 9.17) is 9.47 Å². The molecule has 2 aromatic carbocycles. The first-order chi connectivity index (χ1) is 16.7.